The predicted molar refractivity (Wildman–Crippen MR) is 89.5 cm³/mol. The monoisotopic (exact) mass is 286 g/mol. The van der Waals surface area contributed by atoms with Crippen LogP contribution in [0.1, 0.15) is 50.8 Å². The highest BCUT2D eigenvalue weighted by molar-refractivity contribution is 5.25. The van der Waals surface area contributed by atoms with Crippen molar-refractivity contribution in [3.63, 3.8) is 0 Å². The first-order valence-electron chi connectivity index (χ1n) is 8.69. The van der Waals surface area contributed by atoms with Crippen LogP contribution in [0.2, 0.25) is 0 Å². The van der Waals surface area contributed by atoms with E-state index in [1.165, 1.54) is 50.0 Å². The van der Waals surface area contributed by atoms with Gasteiger partial charge in [0, 0.05) is 18.6 Å². The van der Waals surface area contributed by atoms with E-state index in [4.69, 9.17) is 0 Å². The molecular formula is C19H30N2. The van der Waals surface area contributed by atoms with Crippen molar-refractivity contribution in [2.45, 2.75) is 52.1 Å². The Balaban J connectivity index is 1.58. The van der Waals surface area contributed by atoms with Crippen LogP contribution in [-0.4, -0.2) is 30.6 Å². The van der Waals surface area contributed by atoms with Crippen LogP contribution in [0.15, 0.2) is 24.3 Å². The molecule has 2 atom stereocenters. The van der Waals surface area contributed by atoms with Gasteiger partial charge in [0.1, 0.15) is 0 Å². The predicted octanol–water partition coefficient (Wildman–Crippen LogP) is 3.63. The zero-order valence-electron chi connectivity index (χ0n) is 13.8. The largest absolute Gasteiger partial charge is 0.306 e. The molecule has 116 valence electrons. The Hall–Kier alpha value is -0.860. The molecule has 0 radical (unpaired) electrons. The Bertz CT molecular complexity index is 443. The number of nitrogens with one attached hydrogen (secondary N) is 1. The molecule has 2 unspecified atom stereocenters. The molecule has 3 aliphatic heterocycles. The molecule has 0 saturated carbocycles. The van der Waals surface area contributed by atoms with E-state index in [0.29, 0.717) is 12.1 Å². The lowest BCUT2D eigenvalue weighted by atomic mass is 9.83. The fourth-order valence-corrected chi connectivity index (χ4v) is 3.99. The van der Waals surface area contributed by atoms with E-state index < -0.39 is 0 Å². The van der Waals surface area contributed by atoms with Crippen LogP contribution in [0.25, 0.3) is 0 Å². The summed E-state index contributed by atoms with van der Waals surface area (Å²) in [6.45, 7) is 10.8. The van der Waals surface area contributed by atoms with E-state index in [-0.39, 0.29) is 0 Å². The van der Waals surface area contributed by atoms with Gasteiger partial charge in [-0.25, -0.2) is 0 Å². The lowest BCUT2D eigenvalue weighted by Crippen LogP contribution is -2.56. The topological polar surface area (TPSA) is 15.3 Å². The van der Waals surface area contributed by atoms with Crippen molar-refractivity contribution in [1.29, 1.82) is 0 Å². The first-order chi connectivity index (χ1) is 10.1. The van der Waals surface area contributed by atoms with Gasteiger partial charge in [-0.1, -0.05) is 38.1 Å². The Morgan fingerprint density at radius 1 is 1.10 bits per heavy atom. The number of hydrogen-bond acceptors (Lipinski definition) is 2. The quantitative estimate of drug-likeness (QED) is 0.889. The molecule has 21 heavy (non-hydrogen) atoms. The maximum Gasteiger partial charge on any atom is 0.0295 e. The summed E-state index contributed by atoms with van der Waals surface area (Å²) in [5.74, 6) is 1.64. The van der Waals surface area contributed by atoms with Crippen molar-refractivity contribution in [2.24, 2.45) is 11.8 Å². The van der Waals surface area contributed by atoms with Crippen molar-refractivity contribution in [2.75, 3.05) is 19.6 Å². The average Bonchev–Trinajstić information content (AvgIpc) is 2.48. The maximum absolute atomic E-state index is 3.89. The minimum atomic E-state index is 0.462. The van der Waals surface area contributed by atoms with Gasteiger partial charge in [0.25, 0.3) is 0 Å². The molecule has 0 amide bonds. The molecule has 1 N–H and O–H groups in total. The number of nitrogens with zero attached hydrogens (tertiary/aromatic N) is 1. The van der Waals surface area contributed by atoms with Gasteiger partial charge >= 0.3 is 0 Å². The highest BCUT2D eigenvalue weighted by atomic mass is 15.2. The molecule has 4 rings (SSSR count). The van der Waals surface area contributed by atoms with E-state index in [1.54, 1.807) is 0 Å². The van der Waals surface area contributed by atoms with Gasteiger partial charge in [-0.3, -0.25) is 0 Å². The van der Waals surface area contributed by atoms with E-state index in [2.05, 4.69) is 55.3 Å². The maximum atomic E-state index is 3.89. The SMILES string of the molecule is CC(C)Cc1ccc(C(C)NC2CN3CCC2CC3)cc1. The van der Waals surface area contributed by atoms with Crippen molar-refractivity contribution < 1.29 is 0 Å². The van der Waals surface area contributed by atoms with E-state index in [9.17, 15) is 0 Å². The van der Waals surface area contributed by atoms with Crippen molar-refractivity contribution in [3.05, 3.63) is 35.4 Å². The summed E-state index contributed by atoms with van der Waals surface area (Å²) in [7, 11) is 0. The second-order valence-electron chi connectivity index (χ2n) is 7.47. The zero-order valence-corrected chi connectivity index (χ0v) is 13.8. The Morgan fingerprint density at radius 2 is 1.76 bits per heavy atom. The molecular weight excluding hydrogens is 256 g/mol. The van der Waals surface area contributed by atoms with Gasteiger partial charge in [0.15, 0.2) is 0 Å². The summed E-state index contributed by atoms with van der Waals surface area (Å²) in [6, 6.07) is 10.4. The van der Waals surface area contributed by atoms with E-state index in [0.717, 1.165) is 11.8 Å². The molecule has 1 aromatic rings. The van der Waals surface area contributed by atoms with Crippen LogP contribution < -0.4 is 5.32 Å². The normalized spacial score (nSPS) is 29.8. The van der Waals surface area contributed by atoms with Crippen LogP contribution in [0, 0.1) is 11.8 Å². The minimum absolute atomic E-state index is 0.462. The van der Waals surface area contributed by atoms with E-state index in [1.807, 2.05) is 0 Å². The molecule has 3 aliphatic rings. The number of rotatable bonds is 5. The number of fused-ring (bicyclic) bond motifs is 3. The van der Waals surface area contributed by atoms with Crippen LogP contribution in [-0.2, 0) is 6.42 Å². The fraction of sp³-hybridized carbons (Fsp3) is 0.684. The van der Waals surface area contributed by atoms with Gasteiger partial charge < -0.3 is 10.2 Å². The third kappa shape index (κ3) is 3.67. The molecule has 0 aromatic heterocycles. The van der Waals surface area contributed by atoms with Crippen molar-refractivity contribution in [1.82, 2.24) is 10.2 Å². The van der Waals surface area contributed by atoms with Gasteiger partial charge in [0.2, 0.25) is 0 Å². The fourth-order valence-electron chi connectivity index (χ4n) is 3.99. The second kappa shape index (κ2) is 6.50. The number of hydrogen-bond donors (Lipinski definition) is 1. The molecule has 2 bridgehead atoms. The molecule has 3 saturated heterocycles. The number of piperidine rings is 3. The number of benzene rings is 1. The van der Waals surface area contributed by atoms with Gasteiger partial charge in [-0.05, 0) is 62.2 Å². The summed E-state index contributed by atoms with van der Waals surface area (Å²) in [5, 5.41) is 3.89. The summed E-state index contributed by atoms with van der Waals surface area (Å²) >= 11 is 0. The minimum Gasteiger partial charge on any atom is -0.306 e. The highest BCUT2D eigenvalue weighted by Gasteiger charge is 2.34. The molecule has 3 fully saturated rings. The molecule has 0 aliphatic carbocycles. The van der Waals surface area contributed by atoms with Crippen molar-refractivity contribution >= 4 is 0 Å². The standard InChI is InChI=1S/C19H30N2/c1-14(2)12-16-4-6-17(7-5-16)15(3)20-19-13-21-10-8-18(19)9-11-21/h4-7,14-15,18-20H,8-13H2,1-3H3. The average molecular weight is 286 g/mol. The van der Waals surface area contributed by atoms with Crippen LogP contribution >= 0.6 is 0 Å². The van der Waals surface area contributed by atoms with Crippen LogP contribution in [0.4, 0.5) is 0 Å². The summed E-state index contributed by atoms with van der Waals surface area (Å²) in [5.41, 5.74) is 2.89. The lowest BCUT2D eigenvalue weighted by molar-refractivity contribution is 0.0680. The van der Waals surface area contributed by atoms with Gasteiger partial charge in [-0.15, -0.1) is 0 Å². The molecule has 2 nitrogen and oxygen atoms in total. The third-order valence-electron chi connectivity index (χ3n) is 5.24. The first-order valence-corrected chi connectivity index (χ1v) is 8.69. The van der Waals surface area contributed by atoms with E-state index >= 15 is 0 Å². The summed E-state index contributed by atoms with van der Waals surface area (Å²) in [6.07, 6.45) is 3.96. The lowest BCUT2D eigenvalue weighted by Gasteiger charge is -2.46. The first kappa shape index (κ1) is 15.1. The smallest absolute Gasteiger partial charge is 0.0295 e. The molecule has 2 heteroatoms. The zero-order chi connectivity index (χ0) is 14.8. The van der Waals surface area contributed by atoms with Crippen molar-refractivity contribution in [3.8, 4) is 0 Å². The van der Waals surface area contributed by atoms with Gasteiger partial charge in [0.05, 0.1) is 0 Å². The van der Waals surface area contributed by atoms with Gasteiger partial charge in [-0.2, -0.15) is 0 Å². The Labute approximate surface area is 129 Å². The highest BCUT2D eigenvalue weighted by Crippen LogP contribution is 2.29. The summed E-state index contributed by atoms with van der Waals surface area (Å²) in [4.78, 5) is 2.62. The Morgan fingerprint density at radius 3 is 2.29 bits per heavy atom. The molecule has 0 spiro atoms. The summed E-state index contributed by atoms with van der Waals surface area (Å²) < 4.78 is 0. The van der Waals surface area contributed by atoms with Crippen LogP contribution in [0.3, 0.4) is 0 Å². The molecule has 1 aromatic carbocycles. The third-order valence-corrected chi connectivity index (χ3v) is 5.24. The molecule has 3 heterocycles. The van der Waals surface area contributed by atoms with Crippen LogP contribution in [0.5, 0.6) is 0 Å². The second-order valence-corrected chi connectivity index (χ2v) is 7.47. The Kier molecular flexibility index (Phi) is 4.66.